The quantitative estimate of drug-likeness (QED) is 0.0455. The van der Waals surface area contributed by atoms with Crippen LogP contribution in [0.4, 0.5) is 0 Å². The van der Waals surface area contributed by atoms with Crippen LogP contribution in [0.1, 0.15) is 181 Å². The van der Waals surface area contributed by atoms with Gasteiger partial charge in [-0.2, -0.15) is 0 Å². The molecule has 2 aliphatic heterocycles. The molecule has 4 atom stereocenters. The highest BCUT2D eigenvalue weighted by Crippen LogP contribution is 2.26. The van der Waals surface area contributed by atoms with Gasteiger partial charge in [-0.05, 0) is 25.7 Å². The first-order valence-electron chi connectivity index (χ1n) is 18.6. The predicted octanol–water partition coefficient (Wildman–Crippen LogP) is 11.8. The van der Waals surface area contributed by atoms with Crippen molar-refractivity contribution in [2.75, 3.05) is 13.2 Å². The molecule has 0 aromatic heterocycles. The predicted molar refractivity (Wildman–Crippen MR) is 178 cm³/mol. The second-order valence-corrected chi connectivity index (χ2v) is 13.0. The first kappa shape index (κ1) is 36.6. The van der Waals surface area contributed by atoms with E-state index in [4.69, 9.17) is 14.2 Å². The zero-order valence-corrected chi connectivity index (χ0v) is 27.6. The lowest BCUT2D eigenvalue weighted by atomic mass is 10.0. The molecule has 2 heterocycles. The average molecular weight is 575 g/mol. The Balaban J connectivity index is 1.46. The van der Waals surface area contributed by atoms with Crippen molar-refractivity contribution in [3.63, 3.8) is 0 Å². The van der Waals surface area contributed by atoms with Crippen molar-refractivity contribution in [1.29, 1.82) is 0 Å². The van der Waals surface area contributed by atoms with Gasteiger partial charge in [0.15, 0.2) is 0 Å². The zero-order chi connectivity index (χ0) is 29.1. The fourth-order valence-electron chi connectivity index (χ4n) is 5.85. The fraction of sp³-hybridized carbons (Fsp3) is 0.895. The molecule has 2 fully saturated rings. The molecule has 0 aliphatic carbocycles. The van der Waals surface area contributed by atoms with Crippen molar-refractivity contribution >= 4 is 0 Å². The molecule has 0 amide bonds. The summed E-state index contributed by atoms with van der Waals surface area (Å²) in [5.41, 5.74) is 0. The summed E-state index contributed by atoms with van der Waals surface area (Å²) in [7, 11) is 0. The minimum atomic E-state index is 0.0674. The molecule has 0 spiro atoms. The van der Waals surface area contributed by atoms with Gasteiger partial charge >= 0.3 is 0 Å². The zero-order valence-electron chi connectivity index (χ0n) is 27.6. The monoisotopic (exact) mass is 575 g/mol. The highest BCUT2D eigenvalue weighted by atomic mass is 16.6. The standard InChI is InChI=1S/C38H70O3/c1-3-5-7-9-11-13-15-17-19-21-23-25-27-29-31-35(37-33-39-37)41-36(38-34-40-38)32-30-28-26-24-22-20-18-16-14-12-10-8-6-4-2/h29-32,35-38H,3-28,33-34H2,1-2H3. The van der Waals surface area contributed by atoms with Crippen molar-refractivity contribution in [3.05, 3.63) is 24.3 Å². The Morgan fingerprint density at radius 2 is 0.732 bits per heavy atom. The van der Waals surface area contributed by atoms with E-state index in [1.54, 1.807) is 0 Å². The highest BCUT2D eigenvalue weighted by molar-refractivity contribution is 5.03. The van der Waals surface area contributed by atoms with E-state index >= 15 is 0 Å². The van der Waals surface area contributed by atoms with Crippen LogP contribution in [0.15, 0.2) is 24.3 Å². The van der Waals surface area contributed by atoms with Gasteiger partial charge in [-0.1, -0.05) is 179 Å². The van der Waals surface area contributed by atoms with Gasteiger partial charge in [0.1, 0.15) is 24.4 Å². The van der Waals surface area contributed by atoms with Gasteiger partial charge in [0.05, 0.1) is 13.2 Å². The van der Waals surface area contributed by atoms with Crippen LogP contribution in [0.25, 0.3) is 0 Å². The Kier molecular flexibility index (Phi) is 24.0. The molecule has 0 aromatic carbocycles. The number of epoxide rings is 2. The Hall–Kier alpha value is -0.640. The maximum atomic E-state index is 6.50. The Morgan fingerprint density at radius 1 is 0.463 bits per heavy atom. The van der Waals surface area contributed by atoms with E-state index in [1.165, 1.54) is 154 Å². The van der Waals surface area contributed by atoms with Gasteiger partial charge in [-0.25, -0.2) is 0 Å². The molecule has 3 heteroatoms. The second-order valence-electron chi connectivity index (χ2n) is 13.0. The van der Waals surface area contributed by atoms with E-state index in [1.807, 2.05) is 0 Å². The third-order valence-electron chi connectivity index (χ3n) is 8.87. The molecule has 4 unspecified atom stereocenters. The van der Waals surface area contributed by atoms with E-state index in [2.05, 4.69) is 38.2 Å². The molecule has 3 nitrogen and oxygen atoms in total. The van der Waals surface area contributed by atoms with E-state index in [0.717, 1.165) is 26.1 Å². The van der Waals surface area contributed by atoms with Crippen molar-refractivity contribution in [2.45, 2.75) is 205 Å². The summed E-state index contributed by atoms with van der Waals surface area (Å²) in [6, 6.07) is 0. The van der Waals surface area contributed by atoms with Crippen LogP contribution in [0.2, 0.25) is 0 Å². The highest BCUT2D eigenvalue weighted by Gasteiger charge is 2.38. The van der Waals surface area contributed by atoms with E-state index in [9.17, 15) is 0 Å². The summed E-state index contributed by atoms with van der Waals surface area (Å²) in [5.74, 6) is 0. The fourth-order valence-corrected chi connectivity index (χ4v) is 5.85. The molecule has 240 valence electrons. The maximum Gasteiger partial charge on any atom is 0.111 e. The van der Waals surface area contributed by atoms with Crippen molar-refractivity contribution in [2.24, 2.45) is 0 Å². The van der Waals surface area contributed by atoms with Crippen LogP contribution >= 0.6 is 0 Å². The van der Waals surface area contributed by atoms with Crippen LogP contribution in [-0.2, 0) is 14.2 Å². The largest absolute Gasteiger partial charge is 0.370 e. The third kappa shape index (κ3) is 22.5. The second kappa shape index (κ2) is 26.9. The molecular formula is C38H70O3. The summed E-state index contributed by atoms with van der Waals surface area (Å²) in [4.78, 5) is 0. The lowest BCUT2D eigenvalue weighted by Gasteiger charge is -2.18. The minimum Gasteiger partial charge on any atom is -0.370 e. The van der Waals surface area contributed by atoms with Gasteiger partial charge in [-0.3, -0.25) is 0 Å². The van der Waals surface area contributed by atoms with Crippen molar-refractivity contribution in [1.82, 2.24) is 0 Å². The van der Waals surface area contributed by atoms with Gasteiger partial charge in [0, 0.05) is 0 Å². The first-order chi connectivity index (χ1) is 20.3. The van der Waals surface area contributed by atoms with Crippen LogP contribution in [0.5, 0.6) is 0 Å². The van der Waals surface area contributed by atoms with Crippen molar-refractivity contribution < 1.29 is 14.2 Å². The van der Waals surface area contributed by atoms with Crippen LogP contribution in [0.3, 0.4) is 0 Å². The SMILES string of the molecule is CCCCCCCCCCCCCCC=CC(OC(C=CCCCCCCCCCCCCCC)C1CO1)C1CO1. The molecule has 2 aliphatic rings. The molecule has 2 rings (SSSR count). The van der Waals surface area contributed by atoms with E-state index in [0.29, 0.717) is 0 Å². The third-order valence-corrected chi connectivity index (χ3v) is 8.87. The Bertz CT molecular complexity index is 555. The number of ether oxygens (including phenoxy) is 3. The molecule has 41 heavy (non-hydrogen) atoms. The van der Waals surface area contributed by atoms with E-state index in [-0.39, 0.29) is 24.4 Å². The lowest BCUT2D eigenvalue weighted by molar-refractivity contribution is 0.0113. The number of unbranched alkanes of at least 4 members (excludes halogenated alkanes) is 24. The molecule has 0 N–H and O–H groups in total. The number of hydrogen-bond acceptors (Lipinski definition) is 3. The number of rotatable bonds is 32. The van der Waals surface area contributed by atoms with Crippen molar-refractivity contribution in [3.8, 4) is 0 Å². The van der Waals surface area contributed by atoms with Gasteiger partial charge < -0.3 is 14.2 Å². The Labute approximate surface area is 256 Å². The minimum absolute atomic E-state index is 0.0674. The lowest BCUT2D eigenvalue weighted by Crippen LogP contribution is -2.27. The maximum absolute atomic E-state index is 6.50. The summed E-state index contributed by atoms with van der Waals surface area (Å²) < 4.78 is 17.8. The summed E-state index contributed by atoms with van der Waals surface area (Å²) >= 11 is 0. The average Bonchev–Trinajstić information content (AvgIpc) is 3.90. The first-order valence-corrected chi connectivity index (χ1v) is 18.6. The molecule has 2 saturated heterocycles. The topological polar surface area (TPSA) is 34.3 Å². The molecule has 0 aromatic rings. The van der Waals surface area contributed by atoms with Crippen LogP contribution in [-0.4, -0.2) is 37.6 Å². The van der Waals surface area contributed by atoms with Crippen LogP contribution < -0.4 is 0 Å². The molecule has 0 bridgehead atoms. The summed E-state index contributed by atoms with van der Waals surface area (Å²) in [6.07, 6.45) is 45.8. The van der Waals surface area contributed by atoms with Gasteiger partial charge in [0.25, 0.3) is 0 Å². The van der Waals surface area contributed by atoms with Gasteiger partial charge in [-0.15, -0.1) is 0 Å². The summed E-state index contributed by atoms with van der Waals surface area (Å²) in [6.45, 7) is 6.25. The molecule has 0 saturated carbocycles. The molecule has 0 radical (unpaired) electrons. The smallest absolute Gasteiger partial charge is 0.111 e. The number of hydrogen-bond donors (Lipinski definition) is 0. The van der Waals surface area contributed by atoms with Crippen LogP contribution in [0, 0.1) is 0 Å². The Morgan fingerprint density at radius 3 is 1.00 bits per heavy atom. The summed E-state index contributed by atoms with van der Waals surface area (Å²) in [5, 5.41) is 0. The van der Waals surface area contributed by atoms with Gasteiger partial charge in [0.2, 0.25) is 0 Å². The normalized spacial score (nSPS) is 19.9. The van der Waals surface area contributed by atoms with E-state index < -0.39 is 0 Å². The molecular weight excluding hydrogens is 504 g/mol. The number of allylic oxidation sites excluding steroid dienone is 2.